The summed E-state index contributed by atoms with van der Waals surface area (Å²) in [5.74, 6) is -10.3. The molecule has 3 atom stereocenters. The number of hydrogen-bond donors (Lipinski definition) is 0. The highest BCUT2D eigenvalue weighted by atomic mass is 16.8. The molecule has 1 aliphatic heterocycles. The van der Waals surface area contributed by atoms with E-state index in [2.05, 4.69) is 0 Å². The third kappa shape index (κ3) is 13.6. The van der Waals surface area contributed by atoms with Crippen molar-refractivity contribution in [2.75, 3.05) is 0 Å². The van der Waals surface area contributed by atoms with E-state index < -0.39 is 119 Å². The zero-order valence-corrected chi connectivity index (χ0v) is 35.6. The van der Waals surface area contributed by atoms with Gasteiger partial charge in [0.15, 0.2) is 29.1 Å². The third-order valence-corrected chi connectivity index (χ3v) is 7.68. The minimum absolute atomic E-state index is 0.0243. The van der Waals surface area contributed by atoms with Crippen LogP contribution in [0.15, 0.2) is 36.4 Å². The van der Waals surface area contributed by atoms with Crippen LogP contribution in [0.25, 0.3) is 0 Å². The first-order valence-electron chi connectivity index (χ1n) is 18.7. The van der Waals surface area contributed by atoms with Gasteiger partial charge in [0.1, 0.15) is 23.4 Å². The van der Waals surface area contributed by atoms with Gasteiger partial charge >= 0.3 is 53.9 Å². The predicted octanol–water partition coefficient (Wildman–Crippen LogP) is 5.35. The molecule has 0 N–H and O–H groups in total. The number of ether oxygens (including phenoxy) is 12. The summed E-state index contributed by atoms with van der Waals surface area (Å²) in [7, 11) is 0. The molecule has 0 amide bonds. The minimum atomic E-state index is -1.47. The van der Waals surface area contributed by atoms with E-state index in [1.807, 2.05) is 0 Å². The number of carbonyl (C=O) groups excluding carboxylic acids is 9. The van der Waals surface area contributed by atoms with Crippen molar-refractivity contribution in [1.29, 1.82) is 0 Å². The first kappa shape index (κ1) is 48.0. The van der Waals surface area contributed by atoms with E-state index in [4.69, 9.17) is 56.8 Å². The molecule has 0 bridgehead atoms. The Kier molecular flexibility index (Phi) is 15.8. The van der Waals surface area contributed by atoms with Crippen LogP contribution in [0.3, 0.4) is 0 Å². The second-order valence-corrected chi connectivity index (χ2v) is 13.6. The molecular weight excluding hydrogens is 840 g/mol. The molecule has 3 aromatic rings. The van der Waals surface area contributed by atoms with Crippen molar-refractivity contribution < 1.29 is 100.0 Å². The molecule has 0 aromatic heterocycles. The molecule has 0 radical (unpaired) electrons. The SMILES string of the molecule is CC(=O)Oc1cc(OC(C)=O)c2c(c1)O[C@H](c1cc(OC(C)=O)c(OC(C)=O)c(OC(C)=O)c1)[C@H](OC(=O)c1cc(OC(C)=O)c(OC(C)OC(=O)OC(C)C)c(OC(C)=O)c1)C2. The molecule has 1 heterocycles. The van der Waals surface area contributed by atoms with E-state index in [1.54, 1.807) is 13.8 Å². The average molecular weight is 883 g/mol. The van der Waals surface area contributed by atoms with E-state index >= 15 is 0 Å². The van der Waals surface area contributed by atoms with E-state index in [-0.39, 0.29) is 34.8 Å². The third-order valence-electron chi connectivity index (χ3n) is 7.68. The van der Waals surface area contributed by atoms with Gasteiger partial charge in [-0.1, -0.05) is 0 Å². The summed E-state index contributed by atoms with van der Waals surface area (Å²) < 4.78 is 65.3. The highest BCUT2D eigenvalue weighted by Gasteiger charge is 2.39. The van der Waals surface area contributed by atoms with Gasteiger partial charge in [0, 0.05) is 85.1 Å². The number of carbonyl (C=O) groups is 9. The van der Waals surface area contributed by atoms with Crippen LogP contribution in [0.2, 0.25) is 0 Å². The molecule has 0 fully saturated rings. The first-order valence-corrected chi connectivity index (χ1v) is 18.7. The van der Waals surface area contributed by atoms with Gasteiger partial charge in [-0.15, -0.1) is 0 Å². The van der Waals surface area contributed by atoms with Crippen molar-refractivity contribution in [2.24, 2.45) is 0 Å². The topological polar surface area (TPSA) is 264 Å². The zero-order valence-electron chi connectivity index (χ0n) is 35.6. The van der Waals surface area contributed by atoms with E-state index in [0.717, 1.165) is 60.6 Å². The number of esters is 8. The van der Waals surface area contributed by atoms with Crippen LogP contribution < -0.4 is 42.6 Å². The van der Waals surface area contributed by atoms with Gasteiger partial charge < -0.3 is 56.8 Å². The standard InChI is InChI=1S/C42H42O21/c1-18(2)52-42(51)61-26(10)60-40-35(57-23(7)47)13-28(14-36(40)58-24(8)48)41(50)63-37-17-30-31(54-20(4)44)15-29(53-19(3)43)16-32(30)62-38(37)27-11-33(55-21(5)45)39(59-25(9)49)34(12-27)56-22(6)46/h11-16,18,26,37-38H,17H2,1-10H3/t26?,37-,38-/m1/s1. The summed E-state index contributed by atoms with van der Waals surface area (Å²) in [6, 6.07) is 6.85. The number of rotatable bonds is 14. The molecule has 4 rings (SSSR count). The maximum atomic E-state index is 14.3. The molecular formula is C42H42O21. The molecule has 0 aliphatic carbocycles. The Hall–Kier alpha value is -7.71. The maximum Gasteiger partial charge on any atom is 0.511 e. The second kappa shape index (κ2) is 20.7. The van der Waals surface area contributed by atoms with Gasteiger partial charge in [0.2, 0.25) is 17.8 Å². The van der Waals surface area contributed by atoms with Crippen LogP contribution in [-0.4, -0.2) is 72.4 Å². The Morgan fingerprint density at radius 3 is 1.46 bits per heavy atom. The van der Waals surface area contributed by atoms with Crippen LogP contribution in [-0.2, 0) is 54.2 Å². The monoisotopic (exact) mass is 882 g/mol. The van der Waals surface area contributed by atoms with Gasteiger partial charge in [-0.3, -0.25) is 33.6 Å². The second-order valence-electron chi connectivity index (χ2n) is 13.6. The van der Waals surface area contributed by atoms with Crippen molar-refractivity contribution in [2.45, 2.75) is 100 Å². The lowest BCUT2D eigenvalue weighted by Crippen LogP contribution is -2.35. The summed E-state index contributed by atoms with van der Waals surface area (Å²) in [4.78, 5) is 112. The van der Waals surface area contributed by atoms with E-state index in [1.165, 1.54) is 31.2 Å². The summed E-state index contributed by atoms with van der Waals surface area (Å²) in [6.45, 7) is 11.8. The Labute approximate surface area is 358 Å². The molecule has 3 aromatic carbocycles. The van der Waals surface area contributed by atoms with Crippen molar-refractivity contribution >= 4 is 53.9 Å². The molecule has 1 aliphatic rings. The molecule has 1 unspecified atom stereocenters. The largest absolute Gasteiger partial charge is 0.511 e. The highest BCUT2D eigenvalue weighted by molar-refractivity contribution is 5.92. The lowest BCUT2D eigenvalue weighted by Gasteiger charge is -2.34. The van der Waals surface area contributed by atoms with Crippen LogP contribution in [0.4, 0.5) is 4.79 Å². The van der Waals surface area contributed by atoms with Crippen LogP contribution in [0, 0.1) is 0 Å². The van der Waals surface area contributed by atoms with Crippen molar-refractivity contribution in [3.8, 4) is 51.7 Å². The molecule has 0 spiro atoms. The Bertz CT molecular complexity index is 2270. The van der Waals surface area contributed by atoms with Crippen LogP contribution in [0.1, 0.15) is 96.8 Å². The zero-order chi connectivity index (χ0) is 46.9. The average Bonchev–Trinajstić information content (AvgIpc) is 3.12. The Balaban J connectivity index is 1.93. The molecule has 63 heavy (non-hydrogen) atoms. The molecule has 21 nitrogen and oxygen atoms in total. The number of benzene rings is 3. The normalized spacial score (nSPS) is 14.3. The fourth-order valence-corrected chi connectivity index (χ4v) is 5.77. The van der Waals surface area contributed by atoms with Gasteiger partial charge in [-0.2, -0.15) is 0 Å². The fraction of sp³-hybridized carbons (Fsp3) is 0.357. The maximum absolute atomic E-state index is 14.3. The summed E-state index contributed by atoms with van der Waals surface area (Å²) in [5, 5.41) is 0. The Morgan fingerprint density at radius 2 is 1.00 bits per heavy atom. The Morgan fingerprint density at radius 1 is 0.540 bits per heavy atom. The van der Waals surface area contributed by atoms with Gasteiger partial charge in [-0.25, -0.2) is 9.59 Å². The van der Waals surface area contributed by atoms with Crippen molar-refractivity contribution in [3.63, 3.8) is 0 Å². The highest BCUT2D eigenvalue weighted by Crippen LogP contribution is 2.48. The van der Waals surface area contributed by atoms with E-state index in [9.17, 15) is 43.2 Å². The van der Waals surface area contributed by atoms with Crippen LogP contribution in [0.5, 0.6) is 51.7 Å². The summed E-state index contributed by atoms with van der Waals surface area (Å²) in [6.07, 6.45) is -6.38. The molecule has 336 valence electrons. The fourth-order valence-electron chi connectivity index (χ4n) is 5.77. The lowest BCUT2D eigenvalue weighted by molar-refractivity contribution is -0.135. The quantitative estimate of drug-likeness (QED) is 0.112. The van der Waals surface area contributed by atoms with Gasteiger partial charge in [0.25, 0.3) is 0 Å². The smallest absolute Gasteiger partial charge is 0.481 e. The molecule has 0 saturated carbocycles. The van der Waals surface area contributed by atoms with Crippen molar-refractivity contribution in [1.82, 2.24) is 0 Å². The summed E-state index contributed by atoms with van der Waals surface area (Å²) in [5.41, 5.74) is -0.310. The predicted molar refractivity (Wildman–Crippen MR) is 208 cm³/mol. The lowest BCUT2D eigenvalue weighted by atomic mass is 9.93. The van der Waals surface area contributed by atoms with Crippen molar-refractivity contribution in [3.05, 3.63) is 53.1 Å². The summed E-state index contributed by atoms with van der Waals surface area (Å²) >= 11 is 0. The molecule has 0 saturated heterocycles. The minimum Gasteiger partial charge on any atom is -0.481 e. The number of hydrogen-bond acceptors (Lipinski definition) is 21. The number of fused-ring (bicyclic) bond motifs is 1. The first-order chi connectivity index (χ1) is 29.5. The van der Waals surface area contributed by atoms with Gasteiger partial charge in [-0.05, 0) is 38.1 Å². The van der Waals surface area contributed by atoms with Crippen LogP contribution >= 0.6 is 0 Å². The van der Waals surface area contributed by atoms with Gasteiger partial charge in [0.05, 0.1) is 11.7 Å². The van der Waals surface area contributed by atoms with E-state index in [0.29, 0.717) is 0 Å². The molecule has 21 heteroatoms.